The van der Waals surface area contributed by atoms with Gasteiger partial charge in [0.1, 0.15) is 11.8 Å². The summed E-state index contributed by atoms with van der Waals surface area (Å²) in [6.07, 6.45) is 2.95. The first kappa shape index (κ1) is 12.6. The molecule has 19 heavy (non-hydrogen) atoms. The van der Waals surface area contributed by atoms with Gasteiger partial charge in [0.25, 0.3) is 0 Å². The molecule has 0 unspecified atom stereocenters. The number of carboxylic acids is 1. The zero-order chi connectivity index (χ0) is 13.7. The Morgan fingerprint density at radius 1 is 1.32 bits per heavy atom. The minimum Gasteiger partial charge on any atom is -0.481 e. The molecule has 0 saturated heterocycles. The van der Waals surface area contributed by atoms with Crippen molar-refractivity contribution in [3.05, 3.63) is 53.9 Å². The molecule has 94 valence electrons. The van der Waals surface area contributed by atoms with Crippen LogP contribution >= 0.6 is 0 Å². The second-order valence-corrected chi connectivity index (χ2v) is 3.80. The van der Waals surface area contributed by atoms with Crippen molar-refractivity contribution in [2.45, 2.75) is 6.42 Å². The van der Waals surface area contributed by atoms with E-state index in [2.05, 4.69) is 4.98 Å². The van der Waals surface area contributed by atoms with E-state index >= 15 is 0 Å². The second-order valence-electron chi connectivity index (χ2n) is 3.80. The van der Waals surface area contributed by atoms with Crippen LogP contribution in [0.5, 0.6) is 11.5 Å². The summed E-state index contributed by atoms with van der Waals surface area (Å²) in [4.78, 5) is 14.4. The van der Waals surface area contributed by atoms with Crippen molar-refractivity contribution in [3.8, 4) is 17.6 Å². The van der Waals surface area contributed by atoms with E-state index in [1.165, 1.54) is 12.4 Å². The first-order valence-electron chi connectivity index (χ1n) is 5.52. The molecule has 1 N–H and O–H groups in total. The van der Waals surface area contributed by atoms with Crippen molar-refractivity contribution in [1.29, 1.82) is 5.26 Å². The first-order valence-corrected chi connectivity index (χ1v) is 5.52. The zero-order valence-corrected chi connectivity index (χ0v) is 9.91. The van der Waals surface area contributed by atoms with Gasteiger partial charge in [0, 0.05) is 6.20 Å². The SMILES string of the molecule is N#Cc1ccncc1Oc1ccc(CC(=O)O)cc1. The highest BCUT2D eigenvalue weighted by molar-refractivity contribution is 5.70. The van der Waals surface area contributed by atoms with Crippen LogP contribution in [0.1, 0.15) is 11.1 Å². The summed E-state index contributed by atoms with van der Waals surface area (Å²) in [5.74, 6) is 0.0160. The molecule has 0 bridgehead atoms. The largest absolute Gasteiger partial charge is 0.481 e. The van der Waals surface area contributed by atoms with E-state index < -0.39 is 5.97 Å². The fraction of sp³-hybridized carbons (Fsp3) is 0.0714. The number of carboxylic acid groups (broad SMARTS) is 1. The van der Waals surface area contributed by atoms with E-state index in [0.29, 0.717) is 22.6 Å². The fourth-order valence-corrected chi connectivity index (χ4v) is 1.53. The van der Waals surface area contributed by atoms with Gasteiger partial charge in [-0.25, -0.2) is 0 Å². The van der Waals surface area contributed by atoms with E-state index in [4.69, 9.17) is 15.1 Å². The van der Waals surface area contributed by atoms with Crippen molar-refractivity contribution in [3.63, 3.8) is 0 Å². The maximum Gasteiger partial charge on any atom is 0.307 e. The normalized spacial score (nSPS) is 9.63. The minimum atomic E-state index is -0.882. The predicted octanol–water partition coefficient (Wildman–Crippen LogP) is 2.37. The summed E-state index contributed by atoms with van der Waals surface area (Å²) < 4.78 is 5.53. The van der Waals surface area contributed by atoms with Crippen LogP contribution < -0.4 is 4.74 Å². The number of hydrogen-bond donors (Lipinski definition) is 1. The lowest BCUT2D eigenvalue weighted by molar-refractivity contribution is -0.136. The van der Waals surface area contributed by atoms with Crippen LogP contribution in [0.25, 0.3) is 0 Å². The number of carbonyl (C=O) groups is 1. The van der Waals surface area contributed by atoms with E-state index in [1.807, 2.05) is 6.07 Å². The maximum absolute atomic E-state index is 10.6. The molecule has 2 aromatic rings. The van der Waals surface area contributed by atoms with Gasteiger partial charge < -0.3 is 9.84 Å². The summed E-state index contributed by atoms with van der Waals surface area (Å²) >= 11 is 0. The standard InChI is InChI=1S/C14H10N2O3/c15-8-11-5-6-16-9-13(11)19-12-3-1-10(2-4-12)7-14(17)18/h1-6,9H,7H2,(H,17,18). The number of ether oxygens (including phenoxy) is 1. The lowest BCUT2D eigenvalue weighted by Crippen LogP contribution is -1.99. The highest BCUT2D eigenvalue weighted by Crippen LogP contribution is 2.24. The number of nitriles is 1. The van der Waals surface area contributed by atoms with E-state index in [-0.39, 0.29) is 6.42 Å². The highest BCUT2D eigenvalue weighted by Gasteiger charge is 2.05. The average molecular weight is 254 g/mol. The molecule has 1 heterocycles. The Morgan fingerprint density at radius 3 is 2.68 bits per heavy atom. The van der Waals surface area contributed by atoms with Crippen LogP contribution in [0.3, 0.4) is 0 Å². The van der Waals surface area contributed by atoms with Gasteiger partial charge in [-0.2, -0.15) is 5.26 Å². The third kappa shape index (κ3) is 3.30. The molecule has 0 fully saturated rings. The van der Waals surface area contributed by atoms with Crippen LogP contribution in [0.2, 0.25) is 0 Å². The molecule has 2 rings (SSSR count). The van der Waals surface area contributed by atoms with Gasteiger partial charge in [-0.3, -0.25) is 9.78 Å². The van der Waals surface area contributed by atoms with Crippen molar-refractivity contribution < 1.29 is 14.6 Å². The van der Waals surface area contributed by atoms with Gasteiger partial charge in [-0.05, 0) is 23.8 Å². The molecule has 5 heteroatoms. The Morgan fingerprint density at radius 2 is 2.05 bits per heavy atom. The number of pyridine rings is 1. The summed E-state index contributed by atoms with van der Waals surface area (Å²) in [7, 11) is 0. The van der Waals surface area contributed by atoms with E-state index in [1.54, 1.807) is 30.3 Å². The Balaban J connectivity index is 2.16. The zero-order valence-electron chi connectivity index (χ0n) is 9.91. The topological polar surface area (TPSA) is 83.2 Å². The molecule has 1 aromatic carbocycles. The monoisotopic (exact) mass is 254 g/mol. The third-order valence-electron chi connectivity index (χ3n) is 2.41. The molecule has 0 amide bonds. The quantitative estimate of drug-likeness (QED) is 0.905. The second kappa shape index (κ2) is 5.65. The molecule has 0 radical (unpaired) electrons. The summed E-state index contributed by atoms with van der Waals surface area (Å²) in [6.45, 7) is 0. The van der Waals surface area contributed by atoms with Crippen molar-refractivity contribution in [1.82, 2.24) is 4.98 Å². The van der Waals surface area contributed by atoms with Gasteiger partial charge in [-0.1, -0.05) is 12.1 Å². The molecule has 0 spiro atoms. The molecule has 0 aliphatic carbocycles. The smallest absolute Gasteiger partial charge is 0.307 e. The van der Waals surface area contributed by atoms with Gasteiger partial charge in [0.15, 0.2) is 5.75 Å². The summed E-state index contributed by atoms with van der Waals surface area (Å²) in [5.41, 5.74) is 1.08. The molecule has 0 atom stereocenters. The number of benzene rings is 1. The average Bonchev–Trinajstić information content (AvgIpc) is 2.41. The van der Waals surface area contributed by atoms with Crippen LogP contribution in [-0.2, 0) is 11.2 Å². The summed E-state index contributed by atoms with van der Waals surface area (Å²) in [6, 6.07) is 10.2. The Labute approximate surface area is 109 Å². The van der Waals surface area contributed by atoms with Crippen molar-refractivity contribution >= 4 is 5.97 Å². The Hall–Kier alpha value is -2.87. The number of aliphatic carboxylic acids is 1. The van der Waals surface area contributed by atoms with Crippen LogP contribution in [-0.4, -0.2) is 16.1 Å². The maximum atomic E-state index is 10.6. The number of aromatic nitrogens is 1. The Bertz CT molecular complexity index is 630. The highest BCUT2D eigenvalue weighted by atomic mass is 16.5. The summed E-state index contributed by atoms with van der Waals surface area (Å²) in [5, 5.41) is 17.6. The lowest BCUT2D eigenvalue weighted by Gasteiger charge is -2.07. The van der Waals surface area contributed by atoms with Gasteiger partial charge in [-0.15, -0.1) is 0 Å². The van der Waals surface area contributed by atoms with Gasteiger partial charge in [0.2, 0.25) is 0 Å². The number of nitrogens with zero attached hydrogens (tertiary/aromatic N) is 2. The number of hydrogen-bond acceptors (Lipinski definition) is 4. The minimum absolute atomic E-state index is 0.0311. The molecule has 1 aromatic heterocycles. The molecule has 0 aliphatic rings. The van der Waals surface area contributed by atoms with Gasteiger partial charge >= 0.3 is 5.97 Å². The van der Waals surface area contributed by atoms with Crippen LogP contribution in [0, 0.1) is 11.3 Å². The molecular formula is C14H10N2O3. The molecule has 0 saturated carbocycles. The lowest BCUT2D eigenvalue weighted by atomic mass is 10.1. The molecular weight excluding hydrogens is 244 g/mol. The van der Waals surface area contributed by atoms with E-state index in [9.17, 15) is 4.79 Å². The van der Waals surface area contributed by atoms with Gasteiger partial charge in [0.05, 0.1) is 18.2 Å². The molecule has 0 aliphatic heterocycles. The van der Waals surface area contributed by atoms with Crippen LogP contribution in [0.4, 0.5) is 0 Å². The third-order valence-corrected chi connectivity index (χ3v) is 2.41. The molecule has 5 nitrogen and oxygen atoms in total. The Kier molecular flexibility index (Phi) is 3.74. The number of rotatable bonds is 4. The van der Waals surface area contributed by atoms with Crippen molar-refractivity contribution in [2.24, 2.45) is 0 Å². The van der Waals surface area contributed by atoms with Crippen LogP contribution in [0.15, 0.2) is 42.7 Å². The van der Waals surface area contributed by atoms with Crippen molar-refractivity contribution in [2.75, 3.05) is 0 Å². The fourth-order valence-electron chi connectivity index (χ4n) is 1.53. The predicted molar refractivity (Wildman–Crippen MR) is 66.8 cm³/mol. The first-order chi connectivity index (χ1) is 9.19. The van der Waals surface area contributed by atoms with E-state index in [0.717, 1.165) is 0 Å².